The van der Waals surface area contributed by atoms with Gasteiger partial charge in [-0.3, -0.25) is 9.59 Å². The van der Waals surface area contributed by atoms with Crippen molar-refractivity contribution in [2.75, 3.05) is 6.54 Å². The molecule has 1 N–H and O–H groups in total. The molecule has 1 aromatic heterocycles. The highest BCUT2D eigenvalue weighted by Crippen LogP contribution is 2.42. The van der Waals surface area contributed by atoms with Gasteiger partial charge in [0.15, 0.2) is 0 Å². The van der Waals surface area contributed by atoms with E-state index in [1.807, 2.05) is 17.9 Å². The van der Waals surface area contributed by atoms with Gasteiger partial charge >= 0.3 is 0 Å². The highest BCUT2D eigenvalue weighted by atomic mass is 32.1. The van der Waals surface area contributed by atoms with E-state index < -0.39 is 0 Å². The van der Waals surface area contributed by atoms with E-state index in [1.54, 1.807) is 5.38 Å². The molecule has 1 saturated carbocycles. The molecule has 23 heavy (non-hydrogen) atoms. The van der Waals surface area contributed by atoms with E-state index in [0.717, 1.165) is 37.1 Å². The molecule has 2 fully saturated rings. The molecule has 0 atom stereocenters. The monoisotopic (exact) mass is 333 g/mol. The van der Waals surface area contributed by atoms with Gasteiger partial charge in [0.25, 0.3) is 5.91 Å². The summed E-state index contributed by atoms with van der Waals surface area (Å²) in [5.41, 5.74) is 0.501. The van der Waals surface area contributed by atoms with Crippen LogP contribution in [0.5, 0.6) is 0 Å². The van der Waals surface area contributed by atoms with Crippen LogP contribution in [0.2, 0.25) is 0 Å². The minimum Gasteiger partial charge on any atom is -0.348 e. The molecule has 2 aliphatic rings. The zero-order valence-corrected chi connectivity index (χ0v) is 14.3. The summed E-state index contributed by atoms with van der Waals surface area (Å²) < 4.78 is 0. The third-order valence-electron chi connectivity index (χ3n) is 5.09. The number of nitrogens with zero attached hydrogens (tertiary/aromatic N) is 2. The molecule has 3 rings (SSSR count). The Morgan fingerprint density at radius 2 is 2.26 bits per heavy atom. The zero-order valence-electron chi connectivity index (χ0n) is 13.5. The Labute approximate surface area is 140 Å². The summed E-state index contributed by atoms with van der Waals surface area (Å²) in [4.78, 5) is 30.5. The van der Waals surface area contributed by atoms with E-state index in [1.165, 1.54) is 11.3 Å². The number of hydrogen-bond donors (Lipinski definition) is 1. The number of aryl methyl sites for hydroxylation is 1. The number of aromatic nitrogens is 1. The molecule has 1 aliphatic carbocycles. The Balaban J connectivity index is 1.59. The largest absolute Gasteiger partial charge is 0.348 e. The average molecular weight is 333 g/mol. The van der Waals surface area contributed by atoms with Gasteiger partial charge in [-0.25, -0.2) is 4.98 Å². The molecule has 1 aromatic rings. The van der Waals surface area contributed by atoms with E-state index in [0.29, 0.717) is 18.7 Å². The predicted molar refractivity (Wildman–Crippen MR) is 90.4 cm³/mol. The molecule has 0 unspecified atom stereocenters. The van der Waals surface area contributed by atoms with Crippen LogP contribution in [0.25, 0.3) is 0 Å². The zero-order chi connectivity index (χ0) is 16.4. The van der Waals surface area contributed by atoms with Crippen LogP contribution >= 0.6 is 11.3 Å². The number of carbonyl (C=O) groups excluding carboxylic acids is 2. The van der Waals surface area contributed by atoms with Crippen molar-refractivity contribution in [3.63, 3.8) is 0 Å². The second-order valence-corrected chi connectivity index (χ2v) is 7.58. The number of likely N-dealkylation sites (tertiary alicyclic amines) is 1. The van der Waals surface area contributed by atoms with Gasteiger partial charge in [-0.15, -0.1) is 17.9 Å². The van der Waals surface area contributed by atoms with Crippen LogP contribution in [0.15, 0.2) is 18.0 Å². The molecule has 2 heterocycles. The first-order valence-electron chi connectivity index (χ1n) is 8.18. The highest BCUT2D eigenvalue weighted by molar-refractivity contribution is 7.09. The van der Waals surface area contributed by atoms with E-state index in [-0.39, 0.29) is 23.4 Å². The SMILES string of the molecule is C=CCN1C(=O)CCC12CCC(NC(=O)c1csc(C)n1)CC2. The normalized spacial score (nSPS) is 27.4. The van der Waals surface area contributed by atoms with Gasteiger partial charge in [0.1, 0.15) is 5.69 Å². The van der Waals surface area contributed by atoms with Gasteiger partial charge in [0, 0.05) is 29.9 Å². The molecule has 124 valence electrons. The molecule has 0 bridgehead atoms. The van der Waals surface area contributed by atoms with Crippen molar-refractivity contribution in [3.05, 3.63) is 28.7 Å². The van der Waals surface area contributed by atoms with Crippen LogP contribution in [0.3, 0.4) is 0 Å². The van der Waals surface area contributed by atoms with Crippen molar-refractivity contribution in [2.45, 2.75) is 57.0 Å². The topological polar surface area (TPSA) is 62.3 Å². The molecule has 0 aromatic carbocycles. The fourth-order valence-electron chi connectivity index (χ4n) is 3.85. The Morgan fingerprint density at radius 3 is 2.87 bits per heavy atom. The fraction of sp³-hybridized carbons (Fsp3) is 0.588. The summed E-state index contributed by atoms with van der Waals surface area (Å²) in [5.74, 6) is 0.158. The van der Waals surface area contributed by atoms with Crippen molar-refractivity contribution in [3.8, 4) is 0 Å². The number of rotatable bonds is 4. The van der Waals surface area contributed by atoms with E-state index in [4.69, 9.17) is 0 Å². The number of carbonyl (C=O) groups is 2. The second-order valence-electron chi connectivity index (χ2n) is 6.52. The van der Waals surface area contributed by atoms with Gasteiger partial charge in [-0.1, -0.05) is 6.08 Å². The molecule has 5 nitrogen and oxygen atoms in total. The van der Waals surface area contributed by atoms with Crippen LogP contribution in [0.4, 0.5) is 0 Å². The second kappa shape index (κ2) is 6.43. The lowest BCUT2D eigenvalue weighted by molar-refractivity contribution is -0.131. The third-order valence-corrected chi connectivity index (χ3v) is 5.87. The summed E-state index contributed by atoms with van der Waals surface area (Å²) >= 11 is 1.49. The van der Waals surface area contributed by atoms with Gasteiger partial charge in [-0.05, 0) is 39.0 Å². The van der Waals surface area contributed by atoms with Crippen molar-refractivity contribution in [2.24, 2.45) is 0 Å². The van der Waals surface area contributed by atoms with E-state index in [2.05, 4.69) is 16.9 Å². The van der Waals surface area contributed by atoms with Crippen molar-refractivity contribution in [1.29, 1.82) is 0 Å². The van der Waals surface area contributed by atoms with Crippen molar-refractivity contribution < 1.29 is 9.59 Å². The number of amides is 2. The maximum atomic E-state index is 12.2. The molecule has 2 amide bonds. The Hall–Kier alpha value is -1.69. The standard InChI is InChI=1S/C17H23N3O2S/c1-3-10-20-15(21)6-9-17(20)7-4-13(5-8-17)19-16(22)14-11-23-12(2)18-14/h3,11,13H,1,4-10H2,2H3,(H,19,22). The summed E-state index contributed by atoms with van der Waals surface area (Å²) in [5, 5.41) is 5.80. The lowest BCUT2D eigenvalue weighted by atomic mass is 9.77. The molecule has 6 heteroatoms. The first-order valence-corrected chi connectivity index (χ1v) is 9.06. The van der Waals surface area contributed by atoms with Crippen LogP contribution in [-0.4, -0.2) is 39.8 Å². The van der Waals surface area contributed by atoms with Crippen LogP contribution in [0, 0.1) is 6.92 Å². The predicted octanol–water partition coefficient (Wildman–Crippen LogP) is 2.67. The van der Waals surface area contributed by atoms with Crippen molar-refractivity contribution >= 4 is 23.2 Å². The van der Waals surface area contributed by atoms with Crippen LogP contribution in [-0.2, 0) is 4.79 Å². The first-order chi connectivity index (χ1) is 11.0. The summed E-state index contributed by atoms with van der Waals surface area (Å²) in [6, 6.07) is 0.177. The Kier molecular flexibility index (Phi) is 4.53. The van der Waals surface area contributed by atoms with Crippen LogP contribution < -0.4 is 5.32 Å². The lowest BCUT2D eigenvalue weighted by Crippen LogP contribution is -2.51. The highest BCUT2D eigenvalue weighted by Gasteiger charge is 2.46. The molecule has 1 spiro atoms. The summed E-state index contributed by atoms with van der Waals surface area (Å²) in [6.45, 7) is 6.30. The van der Waals surface area contributed by atoms with Gasteiger partial charge < -0.3 is 10.2 Å². The molecular formula is C17H23N3O2S. The average Bonchev–Trinajstić information content (AvgIpc) is 3.09. The number of hydrogen-bond acceptors (Lipinski definition) is 4. The van der Waals surface area contributed by atoms with Crippen LogP contribution in [0.1, 0.15) is 54.0 Å². The molecule has 1 saturated heterocycles. The van der Waals surface area contributed by atoms with Gasteiger partial charge in [0.2, 0.25) is 5.91 Å². The third kappa shape index (κ3) is 3.17. The molecule has 0 radical (unpaired) electrons. The fourth-order valence-corrected chi connectivity index (χ4v) is 4.44. The molecule has 1 aliphatic heterocycles. The number of nitrogens with one attached hydrogen (secondary N) is 1. The minimum atomic E-state index is -0.0826. The first kappa shape index (κ1) is 16.2. The lowest BCUT2D eigenvalue weighted by Gasteiger charge is -2.43. The number of thiazole rings is 1. The summed E-state index contributed by atoms with van der Waals surface area (Å²) in [7, 11) is 0. The van der Waals surface area contributed by atoms with E-state index in [9.17, 15) is 9.59 Å². The maximum absolute atomic E-state index is 12.2. The Bertz CT molecular complexity index is 617. The molecular weight excluding hydrogens is 310 g/mol. The summed E-state index contributed by atoms with van der Waals surface area (Å²) in [6.07, 6.45) is 7.12. The van der Waals surface area contributed by atoms with E-state index >= 15 is 0 Å². The van der Waals surface area contributed by atoms with Gasteiger partial charge in [0.05, 0.1) is 5.01 Å². The minimum absolute atomic E-state index is 0.0102. The maximum Gasteiger partial charge on any atom is 0.270 e. The van der Waals surface area contributed by atoms with Crippen molar-refractivity contribution in [1.82, 2.24) is 15.2 Å². The smallest absolute Gasteiger partial charge is 0.270 e. The van der Waals surface area contributed by atoms with Gasteiger partial charge in [-0.2, -0.15) is 0 Å². The Morgan fingerprint density at radius 1 is 1.52 bits per heavy atom. The quantitative estimate of drug-likeness (QED) is 0.862.